The molecule has 2 aromatic heterocycles. The smallest absolute Gasteiger partial charge is 0.135 e. The number of nitrogens with zero attached hydrogens (tertiary/aromatic N) is 2. The van der Waals surface area contributed by atoms with Crippen LogP contribution in [0.25, 0.3) is 53.4 Å². The molecule has 0 saturated carbocycles. The molecule has 0 fully saturated rings. The van der Waals surface area contributed by atoms with Crippen molar-refractivity contribution in [2.24, 2.45) is 10.7 Å². The first-order valence-corrected chi connectivity index (χ1v) is 13.5. The van der Waals surface area contributed by atoms with E-state index >= 15 is 0 Å². The largest absolute Gasteiger partial charge is 0.456 e. The zero-order valence-electron chi connectivity index (χ0n) is 21.4. The van der Waals surface area contributed by atoms with E-state index in [1.807, 2.05) is 30.3 Å². The average Bonchev–Trinajstić information content (AvgIpc) is 3.51. The summed E-state index contributed by atoms with van der Waals surface area (Å²) in [7, 11) is 2.08. The number of benzene rings is 4. The van der Waals surface area contributed by atoms with Gasteiger partial charge in [0.25, 0.3) is 0 Å². The van der Waals surface area contributed by atoms with Gasteiger partial charge >= 0.3 is 0 Å². The van der Waals surface area contributed by atoms with Crippen LogP contribution in [0.3, 0.4) is 0 Å². The second-order valence-electron chi connectivity index (χ2n) is 9.57. The van der Waals surface area contributed by atoms with Gasteiger partial charge in [-0.15, -0.1) is 11.3 Å². The highest BCUT2D eigenvalue weighted by atomic mass is 32.1. The molecule has 7 rings (SSSR count). The zero-order chi connectivity index (χ0) is 26.7. The highest BCUT2D eigenvalue weighted by Crippen LogP contribution is 2.52. The minimum absolute atomic E-state index is 0.464. The van der Waals surface area contributed by atoms with Crippen LogP contribution in [-0.4, -0.2) is 12.9 Å². The van der Waals surface area contributed by atoms with Gasteiger partial charge in [0.2, 0.25) is 0 Å². The van der Waals surface area contributed by atoms with Crippen LogP contribution in [-0.2, 0) is 0 Å². The molecule has 1 aliphatic heterocycles. The molecule has 0 radical (unpaired) electrons. The maximum Gasteiger partial charge on any atom is 0.135 e. The van der Waals surface area contributed by atoms with E-state index in [4.69, 9.17) is 10.2 Å². The fourth-order valence-corrected chi connectivity index (χ4v) is 6.80. The van der Waals surface area contributed by atoms with Gasteiger partial charge in [0.1, 0.15) is 17.0 Å². The Kier molecular flexibility index (Phi) is 5.28. The normalized spacial score (nSPS) is 14.9. The summed E-state index contributed by atoms with van der Waals surface area (Å²) in [5.41, 5.74) is 14.7. The maximum absolute atomic E-state index is 6.43. The van der Waals surface area contributed by atoms with Crippen LogP contribution >= 0.6 is 11.3 Å². The molecule has 0 saturated heterocycles. The summed E-state index contributed by atoms with van der Waals surface area (Å²) in [6.45, 7) is 7.75. The van der Waals surface area contributed by atoms with Gasteiger partial charge in [-0.2, -0.15) is 0 Å². The Bertz CT molecular complexity index is 2090. The molecule has 4 aromatic carbocycles. The lowest BCUT2D eigenvalue weighted by molar-refractivity contribution is 0.669. The van der Waals surface area contributed by atoms with E-state index < -0.39 is 0 Å². The zero-order valence-corrected chi connectivity index (χ0v) is 22.3. The summed E-state index contributed by atoms with van der Waals surface area (Å²) < 4.78 is 8.50. The number of nitrogens with two attached hydrogens (primary N) is 1. The van der Waals surface area contributed by atoms with E-state index in [2.05, 4.69) is 90.8 Å². The van der Waals surface area contributed by atoms with Gasteiger partial charge in [0, 0.05) is 55.3 Å². The van der Waals surface area contributed by atoms with Crippen LogP contribution in [0.2, 0.25) is 0 Å². The number of rotatable bonds is 5. The summed E-state index contributed by atoms with van der Waals surface area (Å²) in [4.78, 5) is 6.52. The van der Waals surface area contributed by atoms with Crippen LogP contribution in [0.5, 0.6) is 0 Å². The first-order chi connectivity index (χ1) is 19.1. The van der Waals surface area contributed by atoms with Crippen molar-refractivity contribution in [3.63, 3.8) is 0 Å². The van der Waals surface area contributed by atoms with Gasteiger partial charge < -0.3 is 15.1 Å². The first-order valence-electron chi connectivity index (χ1n) is 12.7. The molecule has 0 bridgehead atoms. The van der Waals surface area contributed by atoms with Crippen LogP contribution < -0.4 is 10.6 Å². The number of thiophene rings is 1. The molecule has 0 amide bonds. The molecule has 2 N–H and O–H groups in total. The van der Waals surface area contributed by atoms with Crippen LogP contribution in [0.15, 0.2) is 120 Å². The number of allylic oxidation sites excluding steroid dienone is 4. The van der Waals surface area contributed by atoms with E-state index in [-0.39, 0.29) is 0 Å². The van der Waals surface area contributed by atoms with Gasteiger partial charge in [-0.1, -0.05) is 67.8 Å². The van der Waals surface area contributed by atoms with Gasteiger partial charge in [-0.25, -0.2) is 4.99 Å². The average molecular weight is 524 g/mol. The van der Waals surface area contributed by atoms with E-state index in [1.165, 1.54) is 31.9 Å². The monoisotopic (exact) mass is 523 g/mol. The lowest BCUT2D eigenvalue weighted by Gasteiger charge is -2.38. The van der Waals surface area contributed by atoms with E-state index in [0.29, 0.717) is 5.84 Å². The topological polar surface area (TPSA) is 54.8 Å². The summed E-state index contributed by atoms with van der Waals surface area (Å²) in [5.74, 6) is 0.464. The van der Waals surface area contributed by atoms with Crippen molar-refractivity contribution in [1.82, 2.24) is 0 Å². The third-order valence-corrected chi connectivity index (χ3v) is 8.52. The summed E-state index contributed by atoms with van der Waals surface area (Å²) >= 11 is 1.78. The molecular weight excluding hydrogens is 498 g/mol. The van der Waals surface area contributed by atoms with E-state index in [9.17, 15) is 0 Å². The third kappa shape index (κ3) is 3.47. The quantitative estimate of drug-likeness (QED) is 0.139. The molecule has 6 aromatic rings. The van der Waals surface area contributed by atoms with Crippen molar-refractivity contribution in [2.45, 2.75) is 0 Å². The Morgan fingerprint density at radius 2 is 1.69 bits per heavy atom. The summed E-state index contributed by atoms with van der Waals surface area (Å²) in [6, 6.07) is 25.2. The third-order valence-electron chi connectivity index (χ3n) is 7.40. The molecule has 4 nitrogen and oxygen atoms in total. The Morgan fingerprint density at radius 3 is 2.51 bits per heavy atom. The molecule has 0 aliphatic carbocycles. The second kappa shape index (κ2) is 8.86. The van der Waals surface area contributed by atoms with Crippen molar-refractivity contribution in [2.75, 3.05) is 11.9 Å². The molecule has 0 spiro atoms. The van der Waals surface area contributed by atoms with E-state index in [0.717, 1.165) is 50.0 Å². The standard InChI is InChI=1S/C34H25N3OS/c1-4-10-20(21-15-16-28-24(17-21)22-11-6-8-13-27(22)38-28)18-26-32-31-23-12-7-9-14-29(23)39-30(31)19-25(33(32)37(26)3)34(35)36-5-2/h4-19H,1-2H2,3H3,(H2,35,36)/b20-10+,26-18-. The summed E-state index contributed by atoms with van der Waals surface area (Å²) in [6.07, 6.45) is 7.63. The number of para-hydroxylation sites is 1. The minimum Gasteiger partial charge on any atom is -0.456 e. The van der Waals surface area contributed by atoms with Crippen LogP contribution in [0.4, 0.5) is 5.69 Å². The van der Waals surface area contributed by atoms with Crippen LogP contribution in [0.1, 0.15) is 16.7 Å². The predicted molar refractivity (Wildman–Crippen MR) is 169 cm³/mol. The molecular formula is C34H25N3OS. The van der Waals surface area contributed by atoms with Crippen molar-refractivity contribution in [3.05, 3.63) is 127 Å². The maximum atomic E-state index is 6.43. The van der Waals surface area contributed by atoms with Crippen molar-refractivity contribution in [3.8, 4) is 0 Å². The fraction of sp³-hybridized carbons (Fsp3) is 0.0294. The fourth-order valence-electron chi connectivity index (χ4n) is 5.65. The minimum atomic E-state index is 0.464. The van der Waals surface area contributed by atoms with Gasteiger partial charge in [-0.05, 0) is 47.5 Å². The predicted octanol–water partition coefficient (Wildman–Crippen LogP) is 8.86. The van der Waals surface area contributed by atoms with Crippen LogP contribution in [0, 0.1) is 0 Å². The molecule has 0 atom stereocenters. The Hall–Kier alpha value is -4.87. The molecule has 1 aliphatic rings. The molecule has 5 heteroatoms. The summed E-state index contributed by atoms with van der Waals surface area (Å²) in [5, 5.41) is 4.71. The van der Waals surface area contributed by atoms with Gasteiger partial charge in [0.05, 0.1) is 11.4 Å². The molecule has 39 heavy (non-hydrogen) atoms. The van der Waals surface area contributed by atoms with Gasteiger partial charge in [-0.3, -0.25) is 0 Å². The van der Waals surface area contributed by atoms with Gasteiger partial charge in [0.15, 0.2) is 0 Å². The number of hydrogen-bond donors (Lipinski definition) is 1. The molecule has 188 valence electrons. The molecule has 0 unspecified atom stereocenters. The number of anilines is 1. The number of aliphatic imine (C=N–C) groups is 1. The van der Waals surface area contributed by atoms with Crippen molar-refractivity contribution in [1.29, 1.82) is 0 Å². The SMILES string of the molecule is C=C/C=C(\C=C1\c2c(c(C(N)=NC=C)cc3sc4ccccc4c23)N1C)c1ccc2oc3ccccc3c2c1. The first kappa shape index (κ1) is 23.3. The highest BCUT2D eigenvalue weighted by molar-refractivity contribution is 7.26. The van der Waals surface area contributed by atoms with Crippen molar-refractivity contribution < 1.29 is 4.42 Å². The Balaban J connectivity index is 1.46. The number of furan rings is 1. The second-order valence-corrected chi connectivity index (χ2v) is 10.7. The number of amidine groups is 1. The Labute approximate surface area is 230 Å². The van der Waals surface area contributed by atoms with Crippen molar-refractivity contribution >= 4 is 76.2 Å². The lowest BCUT2D eigenvalue weighted by Crippen LogP contribution is -2.31. The van der Waals surface area contributed by atoms with E-state index in [1.54, 1.807) is 11.3 Å². The number of fused-ring (bicyclic) bond motifs is 8. The lowest BCUT2D eigenvalue weighted by atomic mass is 9.88. The number of hydrogen-bond acceptors (Lipinski definition) is 4. The molecule has 3 heterocycles. The Morgan fingerprint density at radius 1 is 0.923 bits per heavy atom. The highest BCUT2D eigenvalue weighted by Gasteiger charge is 2.34.